The van der Waals surface area contributed by atoms with E-state index in [1.807, 2.05) is 18.2 Å². The van der Waals surface area contributed by atoms with Crippen molar-refractivity contribution in [3.63, 3.8) is 0 Å². The van der Waals surface area contributed by atoms with Crippen LogP contribution in [0.25, 0.3) is 121 Å². The molecule has 0 spiro atoms. The molecule has 5 heterocycles. The van der Waals surface area contributed by atoms with Gasteiger partial charge >= 0.3 is 0 Å². The lowest BCUT2D eigenvalue weighted by Gasteiger charge is -2.45. The summed E-state index contributed by atoms with van der Waals surface area (Å²) in [5.41, 5.74) is 28.5. The number of nitrogens with zero attached hydrogens (tertiary/aromatic N) is 4. The van der Waals surface area contributed by atoms with Gasteiger partial charge in [0.15, 0.2) is 0 Å². The lowest BCUT2D eigenvalue weighted by atomic mass is 9.33. The fraction of sp³-hybridized carbons (Fsp3) is 0.192. The highest BCUT2D eigenvalue weighted by Gasteiger charge is 2.46. The van der Waals surface area contributed by atoms with E-state index in [-0.39, 0.29) is 44.7 Å². The Balaban J connectivity index is 1.04. The molecular formula is C104H93BN4O. The van der Waals surface area contributed by atoms with Crippen molar-refractivity contribution in [3.05, 3.63) is 319 Å². The standard InChI is InChI=1S/C104H93BN4O/c1-100(2,3)70-41-48-86-80(55-70)81-56-71(101(4,5)6)42-49-87(81)106(86)75-45-47-85-91(61-75)109(99-78(66-34-24-18-25-35-66)59-74(104(13,14)15)60-79(99)67-36-26-19-27-37-67)94-63-76(107-88-50-43-72(102(7,8)9)57-82(88)83-58-73(103(10,11)12)44-51-89(83)107)62-93-98(94)105(85)84-46-40-68(64-30-20-16-21-31-64)52-90(84)108(93)92-53-69(65-32-22-17-23-33-65)54-96-97(92)77-38-28-29-39-95(77)110-96/h16-63H,1-15H3/i16D,20D,21D,30D,31D. The van der Waals surface area contributed by atoms with Gasteiger partial charge in [-0.15, -0.1) is 0 Å². The number of aromatic nitrogens is 2. The first-order valence-corrected chi connectivity index (χ1v) is 38.9. The molecule has 0 atom stereocenters. The van der Waals surface area contributed by atoms with Crippen molar-refractivity contribution >= 4 is 123 Å². The van der Waals surface area contributed by atoms with Crippen molar-refractivity contribution in [1.29, 1.82) is 0 Å². The van der Waals surface area contributed by atoms with Crippen molar-refractivity contribution < 1.29 is 11.3 Å². The Bertz CT molecular complexity index is 6700. The van der Waals surface area contributed by atoms with E-state index in [0.717, 1.165) is 144 Å². The Morgan fingerprint density at radius 3 is 1.20 bits per heavy atom. The molecule has 3 aromatic heterocycles. The number of fused-ring (bicyclic) bond motifs is 13. The smallest absolute Gasteiger partial charge is 0.252 e. The van der Waals surface area contributed by atoms with Crippen molar-refractivity contribution in [2.75, 3.05) is 9.80 Å². The molecule has 0 saturated carbocycles. The molecule has 17 aromatic rings. The molecule has 2 aliphatic heterocycles. The fourth-order valence-electron chi connectivity index (χ4n) is 17.5. The van der Waals surface area contributed by atoms with Crippen molar-refractivity contribution in [1.82, 2.24) is 9.13 Å². The van der Waals surface area contributed by atoms with Gasteiger partial charge in [-0.25, -0.2) is 0 Å². The largest absolute Gasteiger partial charge is 0.456 e. The third-order valence-corrected chi connectivity index (χ3v) is 23.5. The summed E-state index contributed by atoms with van der Waals surface area (Å²) in [6.07, 6.45) is 0. The summed E-state index contributed by atoms with van der Waals surface area (Å²) in [6.45, 7) is 34.1. The molecule has 110 heavy (non-hydrogen) atoms. The molecule has 19 rings (SSSR count). The fourth-order valence-corrected chi connectivity index (χ4v) is 17.5. The van der Waals surface area contributed by atoms with Gasteiger partial charge in [0.25, 0.3) is 6.71 Å². The van der Waals surface area contributed by atoms with Crippen LogP contribution in [0.5, 0.6) is 0 Å². The third kappa shape index (κ3) is 11.2. The molecule has 6 heteroatoms. The molecule has 538 valence electrons. The molecule has 14 aromatic carbocycles. The Morgan fingerprint density at radius 1 is 0.291 bits per heavy atom. The second kappa shape index (κ2) is 24.8. The second-order valence-corrected chi connectivity index (χ2v) is 35.9. The van der Waals surface area contributed by atoms with Crippen LogP contribution in [-0.4, -0.2) is 15.8 Å². The molecule has 5 nitrogen and oxygen atoms in total. The summed E-state index contributed by atoms with van der Waals surface area (Å²) in [5, 5.41) is 6.53. The van der Waals surface area contributed by atoms with Gasteiger partial charge in [0, 0.05) is 66.5 Å². The summed E-state index contributed by atoms with van der Waals surface area (Å²) in [4.78, 5) is 5.09. The molecule has 0 fully saturated rings. The minimum atomic E-state index is -0.494. The lowest BCUT2D eigenvalue weighted by molar-refractivity contribution is 0.590. The van der Waals surface area contributed by atoms with Gasteiger partial charge in [0.1, 0.15) is 11.2 Å². The first-order chi connectivity index (χ1) is 54.8. The SMILES string of the molecule is [2H]c1c([2H])c([2H])c(-c2ccc3c(c2)N(c2cc(-c4ccccc4)cc4oc5ccccc5c24)c2cc(-n4c5ccc(C(C)(C)C)cc5c5cc(C(C)(C)C)ccc54)cc4c2B3c2ccc(-n3c5ccc(C(C)(C)C)cc5c5cc(C(C)(C)C)ccc53)cc2N4c2c(-c3ccccc3)cc(C(C)(C)C)cc2-c2ccccc2)c([2H])c1[2H]. The Kier molecular flexibility index (Phi) is 14.2. The van der Waals surface area contributed by atoms with Gasteiger partial charge in [-0.3, -0.25) is 0 Å². The van der Waals surface area contributed by atoms with E-state index in [1.54, 1.807) is 0 Å². The first kappa shape index (κ1) is 63.1. The zero-order valence-corrected chi connectivity index (χ0v) is 65.6. The first-order valence-electron chi connectivity index (χ1n) is 41.4. The lowest BCUT2D eigenvalue weighted by Crippen LogP contribution is -2.61. The Hall–Kier alpha value is -11.9. The van der Waals surface area contributed by atoms with Crippen LogP contribution in [0, 0.1) is 0 Å². The average molecular weight is 1430 g/mol. The summed E-state index contributed by atoms with van der Waals surface area (Å²) >= 11 is 0. The van der Waals surface area contributed by atoms with Gasteiger partial charge in [-0.1, -0.05) is 286 Å². The Labute approximate surface area is 654 Å². The maximum absolute atomic E-state index is 9.75. The monoisotopic (exact) mass is 1430 g/mol. The quantitative estimate of drug-likeness (QED) is 0.142. The van der Waals surface area contributed by atoms with Crippen LogP contribution in [-0.2, 0) is 27.1 Å². The zero-order valence-electron chi connectivity index (χ0n) is 70.6. The maximum Gasteiger partial charge on any atom is 0.252 e. The van der Waals surface area contributed by atoms with E-state index in [2.05, 4.69) is 365 Å². The van der Waals surface area contributed by atoms with Gasteiger partial charge in [-0.05, 0) is 214 Å². The topological polar surface area (TPSA) is 29.5 Å². The predicted octanol–water partition coefficient (Wildman–Crippen LogP) is 27.0. The molecular weight excluding hydrogens is 1330 g/mol. The molecule has 0 radical (unpaired) electrons. The molecule has 0 N–H and O–H groups in total. The predicted molar refractivity (Wildman–Crippen MR) is 472 cm³/mol. The van der Waals surface area contributed by atoms with Crippen LogP contribution >= 0.6 is 0 Å². The van der Waals surface area contributed by atoms with Crippen LogP contribution in [0.3, 0.4) is 0 Å². The molecule has 0 aliphatic carbocycles. The zero-order chi connectivity index (χ0) is 80.2. The van der Waals surface area contributed by atoms with Crippen molar-refractivity contribution in [2.24, 2.45) is 0 Å². The number of anilines is 6. The number of rotatable bonds is 8. The van der Waals surface area contributed by atoms with E-state index in [9.17, 15) is 5.48 Å². The van der Waals surface area contributed by atoms with Crippen molar-refractivity contribution in [3.8, 4) is 55.9 Å². The average Bonchev–Trinajstić information content (AvgIpc) is 1.37. The summed E-state index contributed by atoms with van der Waals surface area (Å²) in [6, 6.07) is 95.2. The van der Waals surface area contributed by atoms with Crippen LogP contribution in [0.1, 0.15) is 139 Å². The molecule has 0 amide bonds. The maximum atomic E-state index is 9.75. The number of para-hydroxylation sites is 1. The number of hydrogen-bond acceptors (Lipinski definition) is 3. The minimum absolute atomic E-state index is 0.120. The number of benzene rings is 14. The van der Waals surface area contributed by atoms with E-state index in [1.165, 1.54) is 38.6 Å². The van der Waals surface area contributed by atoms with Crippen molar-refractivity contribution in [2.45, 2.75) is 131 Å². The normalized spacial score (nSPS) is 14.0. The van der Waals surface area contributed by atoms with E-state index in [4.69, 9.17) is 5.79 Å². The highest BCUT2D eigenvalue weighted by Crippen LogP contribution is 2.55. The summed E-state index contributed by atoms with van der Waals surface area (Å²) in [5.74, 6) is 0. The van der Waals surface area contributed by atoms with Crippen LogP contribution in [0.2, 0.25) is 0 Å². The third-order valence-electron chi connectivity index (χ3n) is 23.5. The molecule has 2 aliphatic rings. The summed E-state index contributed by atoms with van der Waals surface area (Å²) < 4.78 is 59.0. The van der Waals surface area contributed by atoms with Crippen LogP contribution in [0.15, 0.2) is 295 Å². The Morgan fingerprint density at radius 2 is 0.709 bits per heavy atom. The van der Waals surface area contributed by atoms with Crippen LogP contribution in [0.4, 0.5) is 34.1 Å². The molecule has 0 unspecified atom stereocenters. The summed E-state index contributed by atoms with van der Waals surface area (Å²) in [7, 11) is 0. The molecule has 0 bridgehead atoms. The molecule has 0 saturated heterocycles. The van der Waals surface area contributed by atoms with Gasteiger partial charge in [-0.2, -0.15) is 0 Å². The van der Waals surface area contributed by atoms with E-state index in [0.29, 0.717) is 11.1 Å². The minimum Gasteiger partial charge on any atom is -0.456 e. The highest BCUT2D eigenvalue weighted by atomic mass is 16.3. The van der Waals surface area contributed by atoms with E-state index >= 15 is 0 Å². The number of furan rings is 1. The van der Waals surface area contributed by atoms with Crippen LogP contribution < -0.4 is 26.2 Å². The van der Waals surface area contributed by atoms with E-state index < -0.39 is 24.8 Å². The number of hydrogen-bond donors (Lipinski definition) is 0. The highest BCUT2D eigenvalue weighted by molar-refractivity contribution is 7.00. The van der Waals surface area contributed by atoms with Gasteiger partial charge in [0.2, 0.25) is 0 Å². The van der Waals surface area contributed by atoms with Gasteiger partial charge in [0.05, 0.1) is 51.4 Å². The second-order valence-electron chi connectivity index (χ2n) is 35.9. The van der Waals surface area contributed by atoms with Gasteiger partial charge < -0.3 is 23.4 Å².